The number of nitrogens with one attached hydrogen (secondary N) is 2. The van der Waals surface area contributed by atoms with Crippen LogP contribution >= 0.6 is 0 Å². The highest BCUT2D eigenvalue weighted by atomic mass is 32.2. The highest BCUT2D eigenvalue weighted by Crippen LogP contribution is 2.35. The van der Waals surface area contributed by atoms with Crippen LogP contribution in [-0.4, -0.2) is 34.1 Å². The molecule has 1 aliphatic rings. The van der Waals surface area contributed by atoms with Crippen LogP contribution in [0, 0.1) is 6.92 Å². The molecule has 0 saturated heterocycles. The van der Waals surface area contributed by atoms with Crippen LogP contribution in [0.25, 0.3) is 0 Å². The van der Waals surface area contributed by atoms with Crippen LogP contribution in [0.2, 0.25) is 0 Å². The van der Waals surface area contributed by atoms with E-state index in [1.807, 2.05) is 6.92 Å². The third kappa shape index (κ3) is 4.54. The summed E-state index contributed by atoms with van der Waals surface area (Å²) >= 11 is 0. The van der Waals surface area contributed by atoms with E-state index in [9.17, 15) is 18.0 Å². The van der Waals surface area contributed by atoms with Gasteiger partial charge in [-0.05, 0) is 55.3 Å². The summed E-state index contributed by atoms with van der Waals surface area (Å²) in [6.07, 6.45) is 0.583. The number of anilines is 3. The largest absolute Gasteiger partial charge is 0.465 e. The summed E-state index contributed by atoms with van der Waals surface area (Å²) in [6.45, 7) is 2.22. The van der Waals surface area contributed by atoms with Crippen LogP contribution in [0.4, 0.5) is 21.9 Å². The van der Waals surface area contributed by atoms with Gasteiger partial charge in [-0.1, -0.05) is 35.9 Å². The van der Waals surface area contributed by atoms with Gasteiger partial charge in [-0.2, -0.15) is 0 Å². The van der Waals surface area contributed by atoms with Crippen molar-refractivity contribution >= 4 is 39.1 Å². The van der Waals surface area contributed by atoms with E-state index in [1.165, 1.54) is 11.4 Å². The molecule has 0 aromatic heterocycles. The van der Waals surface area contributed by atoms with E-state index in [0.29, 0.717) is 30.0 Å². The van der Waals surface area contributed by atoms with E-state index in [-0.39, 0.29) is 10.5 Å². The number of esters is 1. The fraction of sp³-hybridized carbons (Fsp3) is 0.167. The lowest BCUT2D eigenvalue weighted by Crippen LogP contribution is -2.29. The predicted molar refractivity (Wildman–Crippen MR) is 126 cm³/mol. The van der Waals surface area contributed by atoms with Crippen molar-refractivity contribution in [3.8, 4) is 0 Å². The van der Waals surface area contributed by atoms with Crippen molar-refractivity contribution in [2.45, 2.75) is 18.2 Å². The number of para-hydroxylation sites is 1. The molecule has 2 amide bonds. The predicted octanol–water partition coefficient (Wildman–Crippen LogP) is 4.18. The van der Waals surface area contributed by atoms with Crippen LogP contribution < -0.4 is 14.9 Å². The van der Waals surface area contributed by atoms with Gasteiger partial charge in [0.15, 0.2) is 0 Å². The van der Waals surface area contributed by atoms with Crippen LogP contribution in [-0.2, 0) is 21.2 Å². The van der Waals surface area contributed by atoms with Gasteiger partial charge in [0.05, 0.1) is 28.9 Å². The number of carbonyl (C=O) groups is 2. The summed E-state index contributed by atoms with van der Waals surface area (Å²) in [4.78, 5) is 24.7. The third-order valence-corrected chi connectivity index (χ3v) is 7.21. The highest BCUT2D eigenvalue weighted by Gasteiger charge is 2.31. The normalized spacial score (nSPS) is 12.7. The number of methoxy groups -OCH3 is 1. The smallest absolute Gasteiger partial charge is 0.339 e. The fourth-order valence-corrected chi connectivity index (χ4v) is 5.17. The maximum absolute atomic E-state index is 13.2. The van der Waals surface area contributed by atoms with E-state index in [1.54, 1.807) is 66.7 Å². The first-order valence-electron chi connectivity index (χ1n) is 10.3. The van der Waals surface area contributed by atoms with Gasteiger partial charge in [0, 0.05) is 12.2 Å². The fourth-order valence-electron chi connectivity index (χ4n) is 3.68. The van der Waals surface area contributed by atoms with Crippen molar-refractivity contribution in [2.24, 2.45) is 0 Å². The number of nitrogens with zero attached hydrogens (tertiary/aromatic N) is 1. The molecule has 0 fully saturated rings. The molecule has 3 aromatic rings. The summed E-state index contributed by atoms with van der Waals surface area (Å²) in [5, 5.41) is 5.33. The van der Waals surface area contributed by atoms with E-state index in [4.69, 9.17) is 4.74 Å². The Morgan fingerprint density at radius 3 is 2.42 bits per heavy atom. The van der Waals surface area contributed by atoms with Crippen LogP contribution in [0.1, 0.15) is 21.5 Å². The molecule has 0 saturated carbocycles. The minimum Gasteiger partial charge on any atom is -0.465 e. The van der Waals surface area contributed by atoms with Gasteiger partial charge < -0.3 is 15.4 Å². The lowest BCUT2D eigenvalue weighted by atomic mass is 10.1. The summed E-state index contributed by atoms with van der Waals surface area (Å²) in [5.41, 5.74) is 3.33. The van der Waals surface area contributed by atoms with Crippen molar-refractivity contribution in [3.63, 3.8) is 0 Å². The molecular weight excluding hydrogens is 442 g/mol. The first kappa shape index (κ1) is 22.3. The quantitative estimate of drug-likeness (QED) is 0.550. The minimum atomic E-state index is -3.73. The number of sulfonamides is 1. The van der Waals surface area contributed by atoms with Crippen LogP contribution in [0.15, 0.2) is 71.6 Å². The molecule has 33 heavy (non-hydrogen) atoms. The standard InChI is InChI=1S/C24H23N3O5S/c1-16-7-11-19(12-8-16)33(30,31)27-14-13-17-9-10-18(15-22(17)27)25-24(29)26-21-6-4-3-5-20(21)23(28)32-2/h3-12,15H,13-14H2,1-2H3,(H2,25,26,29). The molecule has 170 valence electrons. The summed E-state index contributed by atoms with van der Waals surface area (Å²) in [6, 6.07) is 17.8. The SMILES string of the molecule is COC(=O)c1ccccc1NC(=O)Nc1ccc2c(c1)N(S(=O)(=O)c1ccc(C)cc1)CC2. The van der Waals surface area contributed by atoms with Crippen molar-refractivity contribution in [2.75, 3.05) is 28.6 Å². The van der Waals surface area contributed by atoms with Crippen LogP contribution in [0.5, 0.6) is 0 Å². The molecule has 2 N–H and O–H groups in total. The van der Waals surface area contributed by atoms with Gasteiger partial charge in [-0.15, -0.1) is 0 Å². The van der Waals surface area contributed by atoms with Gasteiger partial charge >= 0.3 is 12.0 Å². The Kier molecular flexibility index (Phi) is 6.06. The van der Waals surface area contributed by atoms with E-state index in [0.717, 1.165) is 11.1 Å². The summed E-state index contributed by atoms with van der Waals surface area (Å²) in [5.74, 6) is -0.569. The molecule has 8 nitrogen and oxygen atoms in total. The Hall–Kier alpha value is -3.85. The second kappa shape index (κ2) is 8.95. The lowest BCUT2D eigenvalue weighted by Gasteiger charge is -2.20. The third-order valence-electron chi connectivity index (χ3n) is 5.39. The zero-order valence-corrected chi connectivity index (χ0v) is 19.0. The lowest BCUT2D eigenvalue weighted by molar-refractivity contribution is 0.0602. The number of hydrogen-bond acceptors (Lipinski definition) is 5. The van der Waals surface area contributed by atoms with Crippen LogP contribution in [0.3, 0.4) is 0 Å². The Bertz CT molecular complexity index is 1320. The van der Waals surface area contributed by atoms with Gasteiger partial charge in [0.2, 0.25) is 0 Å². The maximum atomic E-state index is 13.2. The summed E-state index contributed by atoms with van der Waals surface area (Å²) < 4.78 is 32.5. The number of aryl methyl sites for hydroxylation is 1. The second-order valence-electron chi connectivity index (χ2n) is 7.60. The Labute approximate surface area is 192 Å². The molecule has 0 aliphatic carbocycles. The molecule has 0 radical (unpaired) electrons. The van der Waals surface area contributed by atoms with Gasteiger partial charge in [-0.25, -0.2) is 18.0 Å². The molecule has 0 spiro atoms. The van der Waals surface area contributed by atoms with Gasteiger partial charge in [0.25, 0.3) is 10.0 Å². The molecule has 4 rings (SSSR count). The van der Waals surface area contributed by atoms with Crippen molar-refractivity contribution in [1.82, 2.24) is 0 Å². The average Bonchev–Trinajstić information content (AvgIpc) is 3.23. The second-order valence-corrected chi connectivity index (χ2v) is 9.46. The van der Waals surface area contributed by atoms with Crippen molar-refractivity contribution < 1.29 is 22.7 Å². The number of benzene rings is 3. The zero-order valence-electron chi connectivity index (χ0n) is 18.2. The van der Waals surface area contributed by atoms with E-state index < -0.39 is 22.0 Å². The van der Waals surface area contributed by atoms with Gasteiger partial charge in [0.1, 0.15) is 0 Å². The minimum absolute atomic E-state index is 0.219. The molecule has 0 unspecified atom stereocenters. The Balaban J connectivity index is 1.55. The molecule has 0 bridgehead atoms. The topological polar surface area (TPSA) is 105 Å². The number of fused-ring (bicyclic) bond motifs is 1. The number of hydrogen-bond donors (Lipinski definition) is 2. The van der Waals surface area contributed by atoms with E-state index in [2.05, 4.69) is 10.6 Å². The molecular formula is C24H23N3O5S. The Morgan fingerprint density at radius 1 is 0.970 bits per heavy atom. The Morgan fingerprint density at radius 2 is 1.70 bits per heavy atom. The monoisotopic (exact) mass is 465 g/mol. The number of carbonyl (C=O) groups excluding carboxylic acids is 2. The first-order valence-corrected chi connectivity index (χ1v) is 11.7. The molecule has 0 atom stereocenters. The van der Waals surface area contributed by atoms with Gasteiger partial charge in [-0.3, -0.25) is 4.31 Å². The molecule has 1 aliphatic heterocycles. The average molecular weight is 466 g/mol. The molecule has 3 aromatic carbocycles. The maximum Gasteiger partial charge on any atom is 0.339 e. The zero-order chi connectivity index (χ0) is 23.6. The number of amides is 2. The highest BCUT2D eigenvalue weighted by molar-refractivity contribution is 7.92. The number of ether oxygens (including phenoxy) is 1. The number of urea groups is 1. The van der Waals surface area contributed by atoms with Crippen molar-refractivity contribution in [1.29, 1.82) is 0 Å². The van der Waals surface area contributed by atoms with E-state index >= 15 is 0 Å². The molecule has 9 heteroatoms. The van der Waals surface area contributed by atoms with Crippen molar-refractivity contribution in [3.05, 3.63) is 83.4 Å². The number of rotatable bonds is 5. The first-order chi connectivity index (χ1) is 15.8. The molecule has 1 heterocycles. The summed E-state index contributed by atoms with van der Waals surface area (Å²) in [7, 11) is -2.46.